The molecule has 158 valence electrons. The zero-order valence-electron chi connectivity index (χ0n) is 17.2. The third kappa shape index (κ3) is 9.29. The number of halogens is 2. The van der Waals surface area contributed by atoms with Gasteiger partial charge in [-0.2, -0.15) is 0 Å². The zero-order valence-corrected chi connectivity index (χ0v) is 18.7. The molecule has 28 heavy (non-hydrogen) atoms. The summed E-state index contributed by atoms with van der Waals surface area (Å²) < 4.78 is 0. The van der Waals surface area contributed by atoms with E-state index >= 15 is 0 Å². The van der Waals surface area contributed by atoms with Crippen LogP contribution in [-0.2, 0) is 0 Å². The first-order valence-electron chi connectivity index (χ1n) is 10.6. The lowest BCUT2D eigenvalue weighted by Gasteiger charge is -2.12. The van der Waals surface area contributed by atoms with E-state index in [0.717, 1.165) is 25.7 Å². The Kier molecular flexibility index (Phi) is 13.0. The summed E-state index contributed by atoms with van der Waals surface area (Å²) in [6.45, 7) is 5.51. The average molecular weight is 429 g/mol. The average Bonchev–Trinajstić information content (AvgIpc) is 2.68. The lowest BCUT2D eigenvalue weighted by atomic mass is 10.1. The number of amides is 2. The number of rotatable bonds is 14. The summed E-state index contributed by atoms with van der Waals surface area (Å²) in [7, 11) is 0. The van der Waals surface area contributed by atoms with Crippen LogP contribution in [-0.4, -0.2) is 24.9 Å². The van der Waals surface area contributed by atoms with Crippen LogP contribution >= 0.6 is 23.2 Å². The molecule has 0 unspecified atom stereocenters. The largest absolute Gasteiger partial charge is 0.352 e. The summed E-state index contributed by atoms with van der Waals surface area (Å²) in [4.78, 5) is 25.2. The molecular formula is C22H34Cl2N2O2. The number of nitrogens with one attached hydrogen (secondary N) is 2. The minimum absolute atomic E-state index is 0.269. The lowest BCUT2D eigenvalue weighted by Crippen LogP contribution is -2.30. The first-order valence-corrected chi connectivity index (χ1v) is 11.3. The minimum Gasteiger partial charge on any atom is -0.352 e. The minimum atomic E-state index is -0.290. The molecule has 2 N–H and O–H groups in total. The number of hydrogen-bond donors (Lipinski definition) is 2. The monoisotopic (exact) mass is 428 g/mol. The van der Waals surface area contributed by atoms with E-state index < -0.39 is 0 Å². The molecule has 0 spiro atoms. The third-order valence-electron chi connectivity index (χ3n) is 4.68. The van der Waals surface area contributed by atoms with Gasteiger partial charge in [-0.25, -0.2) is 0 Å². The molecule has 0 aliphatic heterocycles. The van der Waals surface area contributed by atoms with Crippen LogP contribution in [0.1, 0.15) is 98.8 Å². The van der Waals surface area contributed by atoms with Crippen LogP contribution in [0.15, 0.2) is 12.1 Å². The van der Waals surface area contributed by atoms with E-state index in [1.807, 2.05) is 0 Å². The van der Waals surface area contributed by atoms with Crippen LogP contribution in [0.3, 0.4) is 0 Å². The van der Waals surface area contributed by atoms with Crippen LogP contribution in [0.5, 0.6) is 0 Å². The summed E-state index contributed by atoms with van der Waals surface area (Å²) in [6, 6.07) is 2.96. The SMILES string of the molecule is CCCCCCCNC(=O)c1cc(Cl)c(Cl)cc1C(=O)NCCCCCCC. The van der Waals surface area contributed by atoms with Gasteiger partial charge in [0.1, 0.15) is 0 Å². The molecule has 0 radical (unpaired) electrons. The van der Waals surface area contributed by atoms with Gasteiger partial charge in [-0.05, 0) is 25.0 Å². The number of carbonyl (C=O) groups excluding carboxylic acids is 2. The molecule has 0 heterocycles. The maximum absolute atomic E-state index is 12.6. The van der Waals surface area contributed by atoms with Crippen LogP contribution in [0.25, 0.3) is 0 Å². The summed E-state index contributed by atoms with van der Waals surface area (Å²) >= 11 is 12.2. The second kappa shape index (κ2) is 14.7. The third-order valence-corrected chi connectivity index (χ3v) is 5.40. The number of hydrogen-bond acceptors (Lipinski definition) is 2. The van der Waals surface area contributed by atoms with Crippen molar-refractivity contribution in [3.8, 4) is 0 Å². The molecule has 0 bridgehead atoms. The van der Waals surface area contributed by atoms with Gasteiger partial charge in [-0.3, -0.25) is 9.59 Å². The molecule has 0 saturated carbocycles. The van der Waals surface area contributed by atoms with Crippen molar-refractivity contribution in [1.82, 2.24) is 10.6 Å². The maximum Gasteiger partial charge on any atom is 0.252 e. The molecule has 1 rings (SSSR count). The topological polar surface area (TPSA) is 58.2 Å². The predicted molar refractivity (Wildman–Crippen MR) is 119 cm³/mol. The Morgan fingerprint density at radius 3 is 1.39 bits per heavy atom. The van der Waals surface area contributed by atoms with Gasteiger partial charge in [0.05, 0.1) is 21.2 Å². The van der Waals surface area contributed by atoms with Gasteiger partial charge in [-0.15, -0.1) is 0 Å². The van der Waals surface area contributed by atoms with Crippen molar-refractivity contribution in [1.29, 1.82) is 0 Å². The Labute approximate surface area is 179 Å². The van der Waals surface area contributed by atoms with E-state index in [1.165, 1.54) is 50.7 Å². The van der Waals surface area contributed by atoms with Crippen molar-refractivity contribution < 1.29 is 9.59 Å². The van der Waals surface area contributed by atoms with E-state index in [2.05, 4.69) is 24.5 Å². The van der Waals surface area contributed by atoms with Gasteiger partial charge < -0.3 is 10.6 Å². The number of carbonyl (C=O) groups is 2. The van der Waals surface area contributed by atoms with Gasteiger partial charge in [0.25, 0.3) is 11.8 Å². The normalized spacial score (nSPS) is 10.7. The van der Waals surface area contributed by atoms with Crippen molar-refractivity contribution in [2.24, 2.45) is 0 Å². The summed E-state index contributed by atoms with van der Waals surface area (Å²) in [5, 5.41) is 6.31. The second-order valence-corrected chi connectivity index (χ2v) is 7.97. The zero-order chi connectivity index (χ0) is 20.8. The number of unbranched alkanes of at least 4 members (excludes halogenated alkanes) is 8. The van der Waals surface area contributed by atoms with Gasteiger partial charge in [-0.1, -0.05) is 88.4 Å². The highest BCUT2D eigenvalue weighted by Crippen LogP contribution is 2.26. The van der Waals surface area contributed by atoms with Crippen molar-refractivity contribution in [3.05, 3.63) is 33.3 Å². The molecule has 0 aliphatic carbocycles. The molecule has 0 saturated heterocycles. The lowest BCUT2D eigenvalue weighted by molar-refractivity contribution is 0.0918. The van der Waals surface area contributed by atoms with Crippen LogP contribution in [0.2, 0.25) is 10.0 Å². The molecule has 0 aromatic heterocycles. The van der Waals surface area contributed by atoms with Gasteiger partial charge in [0, 0.05) is 13.1 Å². The highest BCUT2D eigenvalue weighted by molar-refractivity contribution is 6.42. The molecule has 4 nitrogen and oxygen atoms in total. The fourth-order valence-corrected chi connectivity index (χ4v) is 3.30. The molecule has 2 amide bonds. The maximum atomic E-state index is 12.6. The Hall–Kier alpha value is -1.26. The van der Waals surface area contributed by atoms with E-state index in [4.69, 9.17) is 23.2 Å². The highest BCUT2D eigenvalue weighted by Gasteiger charge is 2.19. The van der Waals surface area contributed by atoms with Crippen molar-refractivity contribution >= 4 is 35.0 Å². The van der Waals surface area contributed by atoms with Crippen LogP contribution in [0, 0.1) is 0 Å². The molecule has 6 heteroatoms. The fourth-order valence-electron chi connectivity index (χ4n) is 2.97. The molecule has 1 aromatic rings. The first-order chi connectivity index (χ1) is 13.5. The summed E-state index contributed by atoms with van der Waals surface area (Å²) in [6.07, 6.45) is 11.2. The second-order valence-electron chi connectivity index (χ2n) is 7.15. The molecular weight excluding hydrogens is 395 g/mol. The summed E-state index contributed by atoms with van der Waals surface area (Å²) in [5.41, 5.74) is 0.540. The van der Waals surface area contributed by atoms with Gasteiger partial charge >= 0.3 is 0 Å². The Bertz CT molecular complexity index is 568. The first kappa shape index (κ1) is 24.8. The summed E-state index contributed by atoms with van der Waals surface area (Å²) in [5.74, 6) is -0.579. The van der Waals surface area contributed by atoms with E-state index in [0.29, 0.717) is 13.1 Å². The van der Waals surface area contributed by atoms with Crippen molar-refractivity contribution in [2.75, 3.05) is 13.1 Å². The molecule has 1 aromatic carbocycles. The van der Waals surface area contributed by atoms with Crippen molar-refractivity contribution in [2.45, 2.75) is 78.1 Å². The number of benzene rings is 1. The standard InChI is InChI=1S/C22H34Cl2N2O2/c1-3-5-7-9-11-13-25-21(27)17-15-19(23)20(24)16-18(17)22(28)26-14-12-10-8-6-4-2/h15-16H,3-14H2,1-2H3,(H,25,27)(H,26,28). The van der Waals surface area contributed by atoms with Crippen LogP contribution < -0.4 is 10.6 Å². The van der Waals surface area contributed by atoms with E-state index in [1.54, 1.807) is 0 Å². The molecule has 0 atom stereocenters. The molecule has 0 fully saturated rings. The Balaban J connectivity index is 2.63. The highest BCUT2D eigenvalue weighted by atomic mass is 35.5. The Morgan fingerprint density at radius 2 is 1.04 bits per heavy atom. The van der Waals surface area contributed by atoms with Gasteiger partial charge in [0.15, 0.2) is 0 Å². The fraction of sp³-hybridized carbons (Fsp3) is 0.636. The van der Waals surface area contributed by atoms with Crippen LogP contribution in [0.4, 0.5) is 0 Å². The Morgan fingerprint density at radius 1 is 0.679 bits per heavy atom. The predicted octanol–water partition coefficient (Wildman–Crippen LogP) is 6.39. The van der Waals surface area contributed by atoms with Gasteiger partial charge in [0.2, 0.25) is 0 Å². The van der Waals surface area contributed by atoms with Crippen molar-refractivity contribution in [3.63, 3.8) is 0 Å². The quantitative estimate of drug-likeness (QED) is 0.337. The smallest absolute Gasteiger partial charge is 0.252 e. The molecule has 0 aliphatic rings. The van der Waals surface area contributed by atoms with E-state index in [-0.39, 0.29) is 33.0 Å². The van der Waals surface area contributed by atoms with E-state index in [9.17, 15) is 9.59 Å².